The van der Waals surface area contributed by atoms with Crippen LogP contribution in [0.4, 0.5) is 8.78 Å². The molecule has 14 heavy (non-hydrogen) atoms. The standard InChI is InChI=1S/C8H7Br2F2NO/c9-2-5-4(8(11)12)1-7(10)13-6(5)3-14/h1,8,14H,2-3H2. The van der Waals surface area contributed by atoms with Crippen LogP contribution in [-0.4, -0.2) is 10.1 Å². The Labute approximate surface area is 96.6 Å². The third-order valence-corrected chi connectivity index (χ3v) is 2.70. The SMILES string of the molecule is OCc1nc(Br)cc(C(F)F)c1CBr. The van der Waals surface area contributed by atoms with Crippen LogP contribution in [0.3, 0.4) is 0 Å². The number of rotatable bonds is 3. The first-order chi connectivity index (χ1) is 6.60. The molecule has 1 aromatic rings. The van der Waals surface area contributed by atoms with E-state index in [2.05, 4.69) is 36.8 Å². The summed E-state index contributed by atoms with van der Waals surface area (Å²) >= 11 is 6.11. The number of aliphatic hydroxyl groups excluding tert-OH is 1. The fraction of sp³-hybridized carbons (Fsp3) is 0.375. The van der Waals surface area contributed by atoms with Crippen LogP contribution < -0.4 is 0 Å². The summed E-state index contributed by atoms with van der Waals surface area (Å²) < 4.78 is 25.4. The Kier molecular flexibility index (Phi) is 4.40. The zero-order chi connectivity index (χ0) is 10.7. The molecule has 0 bridgehead atoms. The van der Waals surface area contributed by atoms with Crippen molar-refractivity contribution in [2.45, 2.75) is 18.4 Å². The van der Waals surface area contributed by atoms with E-state index < -0.39 is 6.43 Å². The second kappa shape index (κ2) is 5.14. The molecule has 0 atom stereocenters. The summed E-state index contributed by atoms with van der Waals surface area (Å²) in [7, 11) is 0. The van der Waals surface area contributed by atoms with Crippen LogP contribution in [0.5, 0.6) is 0 Å². The maximum Gasteiger partial charge on any atom is 0.264 e. The number of hydrogen-bond donors (Lipinski definition) is 1. The van der Waals surface area contributed by atoms with E-state index in [0.717, 1.165) is 0 Å². The number of pyridine rings is 1. The van der Waals surface area contributed by atoms with Crippen molar-refractivity contribution in [2.24, 2.45) is 0 Å². The molecule has 0 radical (unpaired) electrons. The first-order valence-electron chi connectivity index (χ1n) is 3.73. The lowest BCUT2D eigenvalue weighted by atomic mass is 10.1. The lowest BCUT2D eigenvalue weighted by molar-refractivity contribution is 0.150. The van der Waals surface area contributed by atoms with Gasteiger partial charge in [0.2, 0.25) is 0 Å². The van der Waals surface area contributed by atoms with Crippen LogP contribution in [0.1, 0.15) is 23.2 Å². The summed E-state index contributed by atoms with van der Waals surface area (Å²) in [6.45, 7) is -0.347. The van der Waals surface area contributed by atoms with Crippen LogP contribution >= 0.6 is 31.9 Å². The molecule has 1 aromatic heterocycles. The van der Waals surface area contributed by atoms with Crippen molar-refractivity contribution in [1.29, 1.82) is 0 Å². The minimum Gasteiger partial charge on any atom is -0.390 e. The molecule has 0 unspecified atom stereocenters. The second-order valence-electron chi connectivity index (χ2n) is 2.55. The molecule has 1 rings (SSSR count). The highest BCUT2D eigenvalue weighted by atomic mass is 79.9. The van der Waals surface area contributed by atoms with Crippen LogP contribution in [0.15, 0.2) is 10.7 Å². The average Bonchev–Trinajstić information content (AvgIpc) is 2.16. The minimum absolute atomic E-state index is 0.104. The Hall–Kier alpha value is -0.0700. The highest BCUT2D eigenvalue weighted by molar-refractivity contribution is 9.10. The molecule has 0 amide bonds. The van der Waals surface area contributed by atoms with Gasteiger partial charge in [0.1, 0.15) is 4.60 Å². The Morgan fingerprint density at radius 3 is 2.57 bits per heavy atom. The van der Waals surface area contributed by atoms with Gasteiger partial charge in [-0.1, -0.05) is 15.9 Å². The molecule has 0 fully saturated rings. The lowest BCUT2D eigenvalue weighted by Crippen LogP contribution is -2.02. The molecular formula is C8H7Br2F2NO. The van der Waals surface area contributed by atoms with Gasteiger partial charge >= 0.3 is 0 Å². The number of halogens is 4. The molecule has 6 heteroatoms. The Morgan fingerprint density at radius 1 is 1.50 bits per heavy atom. The molecule has 0 aliphatic heterocycles. The maximum atomic E-state index is 12.6. The van der Waals surface area contributed by atoms with Gasteiger partial charge in [0.05, 0.1) is 12.3 Å². The normalized spacial score (nSPS) is 11.0. The molecule has 0 aliphatic carbocycles. The quantitative estimate of drug-likeness (QED) is 0.682. The summed E-state index contributed by atoms with van der Waals surface area (Å²) in [4.78, 5) is 3.91. The van der Waals surface area contributed by atoms with Crippen molar-refractivity contribution in [3.05, 3.63) is 27.5 Å². The predicted octanol–water partition coefficient (Wildman–Crippen LogP) is 3.17. The van der Waals surface area contributed by atoms with E-state index in [0.29, 0.717) is 10.2 Å². The minimum atomic E-state index is -2.56. The number of aliphatic hydroxyl groups is 1. The van der Waals surface area contributed by atoms with E-state index >= 15 is 0 Å². The van der Waals surface area contributed by atoms with Gasteiger partial charge in [0.25, 0.3) is 6.43 Å². The Morgan fingerprint density at radius 2 is 2.14 bits per heavy atom. The lowest BCUT2D eigenvalue weighted by Gasteiger charge is -2.10. The fourth-order valence-corrected chi connectivity index (χ4v) is 2.20. The third-order valence-electron chi connectivity index (χ3n) is 1.73. The van der Waals surface area contributed by atoms with Crippen molar-refractivity contribution < 1.29 is 13.9 Å². The summed E-state index contributed by atoms with van der Waals surface area (Å²) in [5.41, 5.74) is 0.519. The molecule has 2 nitrogen and oxygen atoms in total. The fourth-order valence-electron chi connectivity index (χ4n) is 1.09. The van der Waals surface area contributed by atoms with Gasteiger partial charge in [-0.2, -0.15) is 0 Å². The Bertz CT molecular complexity index is 333. The van der Waals surface area contributed by atoms with Crippen molar-refractivity contribution in [3.63, 3.8) is 0 Å². The molecule has 78 valence electrons. The van der Waals surface area contributed by atoms with Gasteiger partial charge < -0.3 is 5.11 Å². The van der Waals surface area contributed by atoms with Gasteiger partial charge in [0, 0.05) is 10.9 Å². The topological polar surface area (TPSA) is 33.1 Å². The summed E-state index contributed by atoms with van der Waals surface area (Å²) in [6, 6.07) is 1.26. The largest absolute Gasteiger partial charge is 0.390 e. The number of nitrogens with zero attached hydrogens (tertiary/aromatic N) is 1. The van der Waals surface area contributed by atoms with Crippen LogP contribution in [-0.2, 0) is 11.9 Å². The van der Waals surface area contributed by atoms with Crippen molar-refractivity contribution in [1.82, 2.24) is 4.98 Å². The number of aromatic nitrogens is 1. The smallest absolute Gasteiger partial charge is 0.264 e. The van der Waals surface area contributed by atoms with Crippen molar-refractivity contribution in [2.75, 3.05) is 0 Å². The van der Waals surface area contributed by atoms with Gasteiger partial charge in [0.15, 0.2) is 0 Å². The molecule has 1 N–H and O–H groups in total. The van der Waals surface area contributed by atoms with Gasteiger partial charge in [-0.15, -0.1) is 0 Å². The second-order valence-corrected chi connectivity index (χ2v) is 3.93. The first-order valence-corrected chi connectivity index (χ1v) is 5.64. The summed E-state index contributed by atoms with van der Waals surface area (Å²) in [6.07, 6.45) is -2.56. The highest BCUT2D eigenvalue weighted by Gasteiger charge is 2.17. The molecule has 0 spiro atoms. The van der Waals surface area contributed by atoms with Crippen LogP contribution in [0, 0.1) is 0 Å². The predicted molar refractivity (Wildman–Crippen MR) is 55.4 cm³/mol. The molecule has 0 saturated heterocycles. The van der Waals surface area contributed by atoms with E-state index in [4.69, 9.17) is 5.11 Å². The summed E-state index contributed by atoms with van der Waals surface area (Å²) in [5.74, 6) is 0. The Balaban J connectivity index is 3.31. The molecule has 0 aromatic carbocycles. The van der Waals surface area contributed by atoms with Crippen molar-refractivity contribution >= 4 is 31.9 Å². The maximum absolute atomic E-state index is 12.6. The van der Waals surface area contributed by atoms with E-state index in [1.807, 2.05) is 0 Å². The van der Waals surface area contributed by atoms with E-state index in [1.165, 1.54) is 6.07 Å². The van der Waals surface area contributed by atoms with Crippen molar-refractivity contribution in [3.8, 4) is 0 Å². The van der Waals surface area contributed by atoms with E-state index in [1.54, 1.807) is 0 Å². The zero-order valence-electron chi connectivity index (χ0n) is 6.98. The molecular weight excluding hydrogens is 324 g/mol. The van der Waals surface area contributed by atoms with Gasteiger partial charge in [-0.3, -0.25) is 0 Å². The van der Waals surface area contributed by atoms with Gasteiger partial charge in [-0.25, -0.2) is 13.8 Å². The molecule has 0 aliphatic rings. The highest BCUT2D eigenvalue weighted by Crippen LogP contribution is 2.28. The molecule has 0 saturated carbocycles. The van der Waals surface area contributed by atoms with Crippen LogP contribution in [0.2, 0.25) is 0 Å². The summed E-state index contributed by atoms with van der Waals surface area (Å²) in [5, 5.41) is 9.18. The molecule has 1 heterocycles. The number of hydrogen-bond acceptors (Lipinski definition) is 2. The van der Waals surface area contributed by atoms with E-state index in [-0.39, 0.29) is 23.2 Å². The zero-order valence-corrected chi connectivity index (χ0v) is 10.1. The van der Waals surface area contributed by atoms with E-state index in [9.17, 15) is 8.78 Å². The average molecular weight is 331 g/mol. The monoisotopic (exact) mass is 329 g/mol. The van der Waals surface area contributed by atoms with Gasteiger partial charge in [-0.05, 0) is 27.6 Å². The van der Waals surface area contributed by atoms with Crippen LogP contribution in [0.25, 0.3) is 0 Å². The third kappa shape index (κ3) is 2.49. The first kappa shape index (κ1) is 12.0. The number of alkyl halides is 3.